The van der Waals surface area contributed by atoms with Gasteiger partial charge in [-0.25, -0.2) is 0 Å². The monoisotopic (exact) mass is 350 g/mol. The second-order valence-electron chi connectivity index (χ2n) is 6.07. The summed E-state index contributed by atoms with van der Waals surface area (Å²) in [5.74, 6) is -0.187. The number of hydrogen-bond donors (Lipinski definition) is 1. The quantitative estimate of drug-likeness (QED) is 0.256. The molecule has 1 aromatic heterocycles. The lowest BCUT2D eigenvalue weighted by molar-refractivity contribution is -0.140. The average molecular weight is 350 g/mol. The maximum absolute atomic E-state index is 11.5. The predicted molar refractivity (Wildman–Crippen MR) is 96.6 cm³/mol. The summed E-state index contributed by atoms with van der Waals surface area (Å²) in [7, 11) is 1.40. The lowest BCUT2D eigenvalue weighted by Gasteiger charge is -2.04. The molecule has 6 heteroatoms. The fraction of sp³-hybridized carbons (Fsp3) is 0.632. The van der Waals surface area contributed by atoms with Crippen LogP contribution in [0, 0.1) is 6.92 Å². The number of unbranched alkanes of at least 4 members (excludes halogenated alkanes) is 4. The second kappa shape index (κ2) is 12.4. The molecule has 1 heterocycles. The van der Waals surface area contributed by atoms with Crippen LogP contribution in [0.15, 0.2) is 12.2 Å². The lowest BCUT2D eigenvalue weighted by Crippen LogP contribution is -2.05. The number of carbonyl (C=O) groups is 2. The van der Waals surface area contributed by atoms with Crippen molar-refractivity contribution >= 4 is 12.3 Å². The number of rotatable bonds is 13. The molecule has 0 atom stereocenters. The van der Waals surface area contributed by atoms with Gasteiger partial charge < -0.3 is 9.84 Å². The largest absolute Gasteiger partial charge is 0.469 e. The summed E-state index contributed by atoms with van der Waals surface area (Å²) in [5, 5.41) is 13.3. The Morgan fingerprint density at radius 1 is 1.20 bits per heavy atom. The van der Waals surface area contributed by atoms with Crippen LogP contribution in [-0.2, 0) is 22.5 Å². The molecule has 25 heavy (non-hydrogen) atoms. The number of allylic oxidation sites excluding steroid dienone is 2. The smallest absolute Gasteiger partial charge is 0.305 e. The molecular formula is C19H30N2O4. The summed E-state index contributed by atoms with van der Waals surface area (Å²) in [5.41, 5.74) is 2.50. The van der Waals surface area contributed by atoms with Gasteiger partial charge in [0.1, 0.15) is 5.69 Å². The van der Waals surface area contributed by atoms with Crippen LogP contribution in [0.5, 0.6) is 0 Å². The third-order valence-corrected chi connectivity index (χ3v) is 4.15. The molecule has 1 rings (SSSR count). The minimum Gasteiger partial charge on any atom is -0.469 e. The number of esters is 1. The lowest BCUT2D eigenvalue weighted by atomic mass is 10.1. The van der Waals surface area contributed by atoms with Crippen LogP contribution in [0.1, 0.15) is 66.7 Å². The molecule has 0 aromatic carbocycles. The molecule has 1 aromatic rings. The van der Waals surface area contributed by atoms with Gasteiger partial charge in [0.25, 0.3) is 0 Å². The molecule has 1 N–H and O–H groups in total. The van der Waals surface area contributed by atoms with Gasteiger partial charge >= 0.3 is 5.97 Å². The van der Waals surface area contributed by atoms with Crippen LogP contribution in [0.4, 0.5) is 0 Å². The van der Waals surface area contributed by atoms with E-state index in [-0.39, 0.29) is 12.6 Å². The van der Waals surface area contributed by atoms with Crippen molar-refractivity contribution in [3.05, 3.63) is 29.1 Å². The number of methoxy groups -OCH3 is 1. The number of aryl methyl sites for hydroxylation is 2. The van der Waals surface area contributed by atoms with Crippen LogP contribution in [-0.4, -0.2) is 40.9 Å². The van der Waals surface area contributed by atoms with Gasteiger partial charge in [-0.2, -0.15) is 5.10 Å². The maximum atomic E-state index is 11.5. The van der Waals surface area contributed by atoms with Gasteiger partial charge in [-0.3, -0.25) is 14.3 Å². The SMILES string of the molecule is COC(=O)CCC/C=C\Cc1c(C)nn(CCCCCCO)c1C=O. The van der Waals surface area contributed by atoms with E-state index in [1.54, 1.807) is 4.68 Å². The van der Waals surface area contributed by atoms with Crippen molar-refractivity contribution in [2.75, 3.05) is 13.7 Å². The first-order valence-electron chi connectivity index (χ1n) is 8.98. The van der Waals surface area contributed by atoms with Gasteiger partial charge in [-0.1, -0.05) is 25.0 Å². The van der Waals surface area contributed by atoms with Gasteiger partial charge in [0, 0.05) is 25.1 Å². The Labute approximate surface area is 149 Å². The van der Waals surface area contributed by atoms with E-state index in [4.69, 9.17) is 5.11 Å². The Morgan fingerprint density at radius 3 is 2.64 bits per heavy atom. The summed E-state index contributed by atoms with van der Waals surface area (Å²) >= 11 is 0. The Morgan fingerprint density at radius 2 is 1.96 bits per heavy atom. The van der Waals surface area contributed by atoms with Crippen LogP contribution < -0.4 is 0 Å². The Hall–Kier alpha value is -1.95. The van der Waals surface area contributed by atoms with Crippen molar-refractivity contribution < 1.29 is 19.4 Å². The van der Waals surface area contributed by atoms with E-state index >= 15 is 0 Å². The number of ether oxygens (including phenoxy) is 1. The first-order chi connectivity index (χ1) is 12.1. The first-order valence-corrected chi connectivity index (χ1v) is 8.98. The molecule has 0 amide bonds. The van der Waals surface area contributed by atoms with Crippen molar-refractivity contribution in [1.29, 1.82) is 0 Å². The topological polar surface area (TPSA) is 81.4 Å². The molecule has 140 valence electrons. The summed E-state index contributed by atoms with van der Waals surface area (Å²) < 4.78 is 6.40. The zero-order valence-corrected chi connectivity index (χ0v) is 15.4. The van der Waals surface area contributed by atoms with Crippen molar-refractivity contribution in [2.24, 2.45) is 0 Å². The van der Waals surface area contributed by atoms with Gasteiger partial charge in [0.15, 0.2) is 6.29 Å². The third-order valence-electron chi connectivity index (χ3n) is 4.15. The number of hydrogen-bond acceptors (Lipinski definition) is 5. The van der Waals surface area contributed by atoms with Crippen LogP contribution in [0.25, 0.3) is 0 Å². The summed E-state index contributed by atoms with van der Waals surface area (Å²) in [6, 6.07) is 0. The number of aliphatic hydroxyl groups is 1. The predicted octanol–water partition coefficient (Wildman–Crippen LogP) is 3.00. The molecule has 0 spiro atoms. The second-order valence-corrected chi connectivity index (χ2v) is 6.07. The zero-order valence-electron chi connectivity index (χ0n) is 15.4. The first kappa shape index (κ1) is 21.1. The highest BCUT2D eigenvalue weighted by Gasteiger charge is 2.13. The van der Waals surface area contributed by atoms with E-state index in [1.165, 1.54) is 7.11 Å². The van der Waals surface area contributed by atoms with Gasteiger partial charge in [0.05, 0.1) is 12.8 Å². The van der Waals surface area contributed by atoms with E-state index < -0.39 is 0 Å². The molecule has 0 radical (unpaired) electrons. The van der Waals surface area contributed by atoms with Gasteiger partial charge in [0.2, 0.25) is 0 Å². The summed E-state index contributed by atoms with van der Waals surface area (Å²) in [6.45, 7) is 2.88. The highest BCUT2D eigenvalue weighted by atomic mass is 16.5. The summed E-state index contributed by atoms with van der Waals surface area (Å²) in [6.07, 6.45) is 11.4. The van der Waals surface area contributed by atoms with Crippen molar-refractivity contribution in [3.63, 3.8) is 0 Å². The highest BCUT2D eigenvalue weighted by Crippen LogP contribution is 2.15. The van der Waals surface area contributed by atoms with Crippen molar-refractivity contribution in [1.82, 2.24) is 9.78 Å². The highest BCUT2D eigenvalue weighted by molar-refractivity contribution is 5.75. The number of aromatic nitrogens is 2. The number of aldehydes is 1. The minimum atomic E-state index is -0.187. The van der Waals surface area contributed by atoms with Crippen LogP contribution >= 0.6 is 0 Å². The van der Waals surface area contributed by atoms with E-state index in [9.17, 15) is 9.59 Å². The molecule has 0 bridgehead atoms. The van der Waals surface area contributed by atoms with Crippen LogP contribution in [0.3, 0.4) is 0 Å². The van der Waals surface area contributed by atoms with E-state index in [1.807, 2.05) is 19.1 Å². The molecule has 6 nitrogen and oxygen atoms in total. The van der Waals surface area contributed by atoms with E-state index in [2.05, 4.69) is 9.84 Å². The standard InChI is InChI=1S/C19H30N2O4/c1-16-17(11-7-3-4-8-12-19(24)25-2)18(15-23)21(20-16)13-9-5-6-10-14-22/h3,7,15,22H,4-6,8-14H2,1-2H3/b7-3-. The van der Waals surface area contributed by atoms with Crippen molar-refractivity contribution in [3.8, 4) is 0 Å². The number of aliphatic hydroxyl groups excluding tert-OH is 1. The molecule has 0 fully saturated rings. The Balaban J connectivity index is 2.50. The molecule has 0 aliphatic carbocycles. The normalized spacial score (nSPS) is 11.2. The Bertz CT molecular complexity index is 564. The fourth-order valence-corrected chi connectivity index (χ4v) is 2.70. The van der Waals surface area contributed by atoms with E-state index in [0.717, 1.165) is 62.6 Å². The van der Waals surface area contributed by atoms with Crippen molar-refractivity contribution in [2.45, 2.75) is 64.8 Å². The number of carbonyl (C=O) groups excluding carboxylic acids is 2. The molecule has 0 aliphatic rings. The maximum Gasteiger partial charge on any atom is 0.305 e. The molecule has 0 saturated carbocycles. The molecule has 0 aliphatic heterocycles. The third kappa shape index (κ3) is 7.65. The van der Waals surface area contributed by atoms with Gasteiger partial charge in [-0.15, -0.1) is 0 Å². The van der Waals surface area contributed by atoms with E-state index in [0.29, 0.717) is 18.5 Å². The molecular weight excluding hydrogens is 320 g/mol. The van der Waals surface area contributed by atoms with Gasteiger partial charge in [-0.05, 0) is 39.0 Å². The molecule has 0 unspecified atom stereocenters. The number of nitrogens with zero attached hydrogens (tertiary/aromatic N) is 2. The van der Waals surface area contributed by atoms with Crippen LogP contribution in [0.2, 0.25) is 0 Å². The average Bonchev–Trinajstić information content (AvgIpc) is 2.92. The zero-order chi connectivity index (χ0) is 18.5. The molecule has 0 saturated heterocycles. The summed E-state index contributed by atoms with van der Waals surface area (Å²) in [4.78, 5) is 22.5. The minimum absolute atomic E-state index is 0.187. The Kier molecular flexibility index (Phi) is 10.5. The fourth-order valence-electron chi connectivity index (χ4n) is 2.70.